The van der Waals surface area contributed by atoms with Gasteiger partial charge in [-0.1, -0.05) is 37.6 Å². The van der Waals surface area contributed by atoms with Crippen molar-refractivity contribution in [2.24, 2.45) is 11.8 Å². The third-order valence-corrected chi connectivity index (χ3v) is 6.83. The highest BCUT2D eigenvalue weighted by molar-refractivity contribution is 5.90. The van der Waals surface area contributed by atoms with Gasteiger partial charge in [0.05, 0.1) is 5.56 Å². The highest BCUT2D eigenvalue weighted by Gasteiger charge is 2.47. The Morgan fingerprint density at radius 2 is 1.88 bits per heavy atom. The van der Waals surface area contributed by atoms with E-state index in [-0.39, 0.29) is 0 Å². The molecule has 0 saturated heterocycles. The van der Waals surface area contributed by atoms with Crippen LogP contribution in [0.3, 0.4) is 0 Å². The molecule has 4 aliphatic rings. The average molecular weight is 335 g/mol. The Hall–Kier alpha value is -2.03. The van der Waals surface area contributed by atoms with Gasteiger partial charge in [0, 0.05) is 30.1 Å². The molecular weight excluding hydrogens is 310 g/mol. The quantitative estimate of drug-likeness (QED) is 0.814. The van der Waals surface area contributed by atoms with E-state index >= 15 is 0 Å². The van der Waals surface area contributed by atoms with E-state index in [0.29, 0.717) is 35.3 Å². The van der Waals surface area contributed by atoms with Crippen LogP contribution in [0.1, 0.15) is 65.9 Å². The van der Waals surface area contributed by atoms with Gasteiger partial charge < -0.3 is 10.0 Å². The maximum Gasteiger partial charge on any atom is 0.335 e. The van der Waals surface area contributed by atoms with Crippen LogP contribution in [0.15, 0.2) is 36.4 Å². The Morgan fingerprint density at radius 3 is 2.64 bits per heavy atom. The van der Waals surface area contributed by atoms with Gasteiger partial charge in [0.2, 0.25) is 0 Å². The van der Waals surface area contributed by atoms with Gasteiger partial charge in [0.25, 0.3) is 0 Å². The maximum absolute atomic E-state index is 11.8. The first-order valence-corrected chi connectivity index (χ1v) is 9.70. The van der Waals surface area contributed by atoms with Crippen LogP contribution >= 0.6 is 0 Å². The van der Waals surface area contributed by atoms with Crippen molar-refractivity contribution in [3.63, 3.8) is 0 Å². The number of rotatable bonds is 3. The first kappa shape index (κ1) is 15.2. The Morgan fingerprint density at radius 1 is 1.16 bits per heavy atom. The largest absolute Gasteiger partial charge is 0.478 e. The fraction of sp³-hybridized carbons (Fsp3) is 0.500. The zero-order valence-corrected chi connectivity index (χ0v) is 14.7. The summed E-state index contributed by atoms with van der Waals surface area (Å²) in [5.41, 5.74) is 4.35. The SMILES string of the molecule is CCC[C@H]1[C@@H]2CC=C[C@@H]2c2cc(C(=O)O)cc3c2N1C[C@H]1CC=C[C@H]31. The number of carboxylic acid groups (broad SMARTS) is 1. The molecule has 0 spiro atoms. The second kappa shape index (κ2) is 5.48. The molecule has 25 heavy (non-hydrogen) atoms. The standard InChI is InChI=1S/C22H25NO2/c1-2-5-20-17-9-4-8-16(17)19-11-14(22(24)25)10-18-15-7-3-6-13(15)12-23(20)21(18)19/h3-4,7-8,10-11,13,15-17,20H,2,5-6,9,12H2,1H3,(H,24,25)/t13-,15+,16+,17-,20+/m1/s1. The van der Waals surface area contributed by atoms with E-state index in [1.807, 2.05) is 12.1 Å². The zero-order chi connectivity index (χ0) is 17.1. The number of carboxylic acids is 1. The minimum absolute atomic E-state index is 0.391. The highest BCUT2D eigenvalue weighted by Crippen LogP contribution is 2.55. The molecule has 2 heterocycles. The minimum Gasteiger partial charge on any atom is -0.478 e. The van der Waals surface area contributed by atoms with Crippen molar-refractivity contribution in [1.82, 2.24) is 0 Å². The van der Waals surface area contributed by atoms with Crippen molar-refractivity contribution in [3.8, 4) is 0 Å². The van der Waals surface area contributed by atoms with Crippen LogP contribution < -0.4 is 4.90 Å². The van der Waals surface area contributed by atoms with E-state index < -0.39 is 5.97 Å². The fourth-order valence-corrected chi connectivity index (χ4v) is 5.84. The predicted octanol–water partition coefficient (Wildman–Crippen LogP) is 4.71. The first-order valence-electron chi connectivity index (χ1n) is 9.70. The van der Waals surface area contributed by atoms with Gasteiger partial charge >= 0.3 is 5.97 Å². The zero-order valence-electron chi connectivity index (χ0n) is 14.7. The normalized spacial score (nSPS) is 34.0. The van der Waals surface area contributed by atoms with E-state index in [4.69, 9.17) is 0 Å². The topological polar surface area (TPSA) is 40.5 Å². The van der Waals surface area contributed by atoms with Gasteiger partial charge in [0.15, 0.2) is 0 Å². The van der Waals surface area contributed by atoms with E-state index in [1.54, 1.807) is 0 Å². The molecule has 0 aromatic heterocycles. The lowest BCUT2D eigenvalue weighted by Crippen LogP contribution is -2.51. The Bertz CT molecular complexity index is 776. The molecule has 5 rings (SSSR count). The second-order valence-electron chi connectivity index (χ2n) is 8.12. The summed E-state index contributed by atoms with van der Waals surface area (Å²) in [6.45, 7) is 3.41. The number of anilines is 1. The van der Waals surface area contributed by atoms with Crippen LogP contribution in [-0.2, 0) is 0 Å². The molecule has 1 aromatic rings. The monoisotopic (exact) mass is 335 g/mol. The molecule has 2 aliphatic carbocycles. The van der Waals surface area contributed by atoms with Crippen molar-refractivity contribution >= 4 is 11.7 Å². The molecule has 1 aromatic carbocycles. The summed E-state index contributed by atoms with van der Waals surface area (Å²) in [6, 6.07) is 4.51. The van der Waals surface area contributed by atoms with Gasteiger partial charge in [-0.25, -0.2) is 4.79 Å². The van der Waals surface area contributed by atoms with Crippen molar-refractivity contribution in [1.29, 1.82) is 0 Å². The third-order valence-electron chi connectivity index (χ3n) is 6.83. The number of allylic oxidation sites excluding steroid dienone is 4. The van der Waals surface area contributed by atoms with E-state index in [9.17, 15) is 9.90 Å². The summed E-state index contributed by atoms with van der Waals surface area (Å²) >= 11 is 0. The Balaban J connectivity index is 1.74. The van der Waals surface area contributed by atoms with Crippen molar-refractivity contribution < 1.29 is 9.90 Å². The van der Waals surface area contributed by atoms with Gasteiger partial charge in [-0.3, -0.25) is 0 Å². The number of carbonyl (C=O) groups is 1. The lowest BCUT2D eigenvalue weighted by molar-refractivity contribution is 0.0696. The summed E-state index contributed by atoms with van der Waals surface area (Å²) < 4.78 is 0. The number of aromatic carboxylic acids is 1. The summed E-state index contributed by atoms with van der Waals surface area (Å²) in [6.07, 6.45) is 13.9. The van der Waals surface area contributed by atoms with E-state index in [2.05, 4.69) is 36.1 Å². The molecule has 3 nitrogen and oxygen atoms in total. The lowest BCUT2D eigenvalue weighted by Gasteiger charge is -2.51. The molecule has 2 aliphatic heterocycles. The number of benzene rings is 1. The number of hydrogen-bond donors (Lipinski definition) is 1. The molecular formula is C22H25NO2. The average Bonchev–Trinajstić information content (AvgIpc) is 3.26. The van der Waals surface area contributed by atoms with Crippen LogP contribution in [0.25, 0.3) is 0 Å². The number of hydrogen-bond acceptors (Lipinski definition) is 2. The smallest absolute Gasteiger partial charge is 0.335 e. The molecule has 0 fully saturated rings. The Labute approximate surface area is 149 Å². The number of fused-ring (bicyclic) bond motifs is 4. The van der Waals surface area contributed by atoms with Crippen LogP contribution in [0.2, 0.25) is 0 Å². The maximum atomic E-state index is 11.8. The summed E-state index contributed by atoms with van der Waals surface area (Å²) in [5.74, 6) is 1.20. The van der Waals surface area contributed by atoms with Crippen LogP contribution in [-0.4, -0.2) is 23.7 Å². The van der Waals surface area contributed by atoms with Gasteiger partial charge in [-0.05, 0) is 54.4 Å². The van der Waals surface area contributed by atoms with Gasteiger partial charge in [0.1, 0.15) is 0 Å². The molecule has 3 heteroatoms. The van der Waals surface area contributed by atoms with Crippen LogP contribution in [0.4, 0.5) is 5.69 Å². The van der Waals surface area contributed by atoms with Crippen molar-refractivity contribution in [2.75, 3.05) is 11.4 Å². The number of nitrogens with zero attached hydrogens (tertiary/aromatic N) is 1. The molecule has 0 saturated carbocycles. The van der Waals surface area contributed by atoms with Crippen LogP contribution in [0.5, 0.6) is 0 Å². The summed E-state index contributed by atoms with van der Waals surface area (Å²) in [7, 11) is 0. The first-order chi connectivity index (χ1) is 12.2. The van der Waals surface area contributed by atoms with Gasteiger partial charge in [-0.15, -0.1) is 0 Å². The summed E-state index contributed by atoms with van der Waals surface area (Å²) in [5, 5.41) is 9.66. The van der Waals surface area contributed by atoms with Gasteiger partial charge in [-0.2, -0.15) is 0 Å². The molecule has 0 bridgehead atoms. The molecule has 5 atom stereocenters. The fourth-order valence-electron chi connectivity index (χ4n) is 5.84. The van der Waals surface area contributed by atoms with Crippen molar-refractivity contribution in [2.45, 2.75) is 50.5 Å². The molecule has 0 amide bonds. The predicted molar refractivity (Wildman–Crippen MR) is 99.4 cm³/mol. The minimum atomic E-state index is -0.802. The second-order valence-corrected chi connectivity index (χ2v) is 8.12. The Kier molecular flexibility index (Phi) is 3.34. The van der Waals surface area contributed by atoms with E-state index in [1.165, 1.54) is 29.7 Å². The lowest BCUT2D eigenvalue weighted by atomic mass is 9.71. The van der Waals surface area contributed by atoms with Crippen molar-refractivity contribution in [3.05, 3.63) is 53.1 Å². The third kappa shape index (κ3) is 2.08. The molecule has 1 N–H and O–H groups in total. The molecule has 130 valence electrons. The van der Waals surface area contributed by atoms with Crippen LogP contribution in [0, 0.1) is 11.8 Å². The van der Waals surface area contributed by atoms with E-state index in [0.717, 1.165) is 19.4 Å². The molecule has 0 unspecified atom stereocenters. The summed E-state index contributed by atoms with van der Waals surface area (Å²) in [4.78, 5) is 14.4. The highest BCUT2D eigenvalue weighted by atomic mass is 16.4. The molecule has 0 radical (unpaired) electrons.